The Bertz CT molecular complexity index is 518. The Labute approximate surface area is 147 Å². The zero-order valence-electron chi connectivity index (χ0n) is 15.0. The van der Waals surface area contributed by atoms with Crippen molar-refractivity contribution in [2.45, 2.75) is 71.1 Å². The number of alkyl halides is 2. The summed E-state index contributed by atoms with van der Waals surface area (Å²) in [5.41, 5.74) is -0.424. The van der Waals surface area contributed by atoms with E-state index in [4.69, 9.17) is 4.74 Å². The first-order valence-electron chi connectivity index (χ1n) is 8.96. The summed E-state index contributed by atoms with van der Waals surface area (Å²) in [7, 11) is 0. The van der Waals surface area contributed by atoms with Gasteiger partial charge in [-0.05, 0) is 13.3 Å². The van der Waals surface area contributed by atoms with Gasteiger partial charge >= 0.3 is 5.97 Å². The number of nitrogens with one attached hydrogen (secondary N) is 1. The molecule has 0 fully saturated rings. The molecule has 1 aromatic heterocycles. The highest BCUT2D eigenvalue weighted by atomic mass is 19.3. The van der Waals surface area contributed by atoms with Crippen LogP contribution in [0.25, 0.3) is 0 Å². The molecule has 0 aliphatic heterocycles. The number of ether oxygens (including phenoxy) is 2. The van der Waals surface area contributed by atoms with Crippen molar-refractivity contribution in [3.63, 3.8) is 0 Å². The number of carbonyl (C=O) groups excluding carboxylic acids is 1. The third kappa shape index (κ3) is 7.84. The molecule has 4 nitrogen and oxygen atoms in total. The molecule has 1 rings (SSSR count). The SMILES string of the molecule is CCCCCCCCCC(F)(F)COc1c[nH]c(C(=O)OCC)c1F. The van der Waals surface area contributed by atoms with E-state index >= 15 is 0 Å². The molecule has 0 saturated heterocycles. The maximum atomic E-state index is 13.9. The number of H-pyrrole nitrogens is 1. The minimum atomic E-state index is -3.03. The van der Waals surface area contributed by atoms with Crippen LogP contribution < -0.4 is 4.74 Å². The third-order valence-electron chi connectivity index (χ3n) is 3.85. The van der Waals surface area contributed by atoms with Crippen LogP contribution in [0.5, 0.6) is 5.75 Å². The summed E-state index contributed by atoms with van der Waals surface area (Å²) < 4.78 is 51.1. The standard InChI is InChI=1S/C18H28F3NO3/c1-3-5-6-7-8-9-10-11-18(20,21)13-25-14-12-22-16(15(14)19)17(23)24-4-2/h12,22H,3-11,13H2,1-2H3. The van der Waals surface area contributed by atoms with E-state index in [0.29, 0.717) is 6.42 Å². The number of carbonyl (C=O) groups is 1. The van der Waals surface area contributed by atoms with Crippen molar-refractivity contribution in [1.29, 1.82) is 0 Å². The number of unbranched alkanes of at least 4 members (excludes halogenated alkanes) is 6. The summed E-state index contributed by atoms with van der Waals surface area (Å²) in [5.74, 6) is -5.32. The van der Waals surface area contributed by atoms with Gasteiger partial charge in [0.2, 0.25) is 0 Å². The van der Waals surface area contributed by atoms with Gasteiger partial charge in [-0.25, -0.2) is 18.0 Å². The second-order valence-corrected chi connectivity index (χ2v) is 6.08. The second kappa shape index (κ2) is 11.1. The van der Waals surface area contributed by atoms with Crippen molar-refractivity contribution in [2.24, 2.45) is 0 Å². The lowest BCUT2D eigenvalue weighted by molar-refractivity contribution is -0.0501. The molecule has 0 aliphatic carbocycles. The minimum absolute atomic E-state index is 0.0873. The summed E-state index contributed by atoms with van der Waals surface area (Å²) in [6.45, 7) is 2.88. The first kappa shape index (κ1) is 21.4. The molecule has 7 heteroatoms. The molecule has 0 unspecified atom stereocenters. The van der Waals surface area contributed by atoms with Crippen molar-refractivity contribution >= 4 is 5.97 Å². The van der Waals surface area contributed by atoms with Gasteiger partial charge in [-0.15, -0.1) is 0 Å². The van der Waals surface area contributed by atoms with Crippen molar-refractivity contribution in [1.82, 2.24) is 4.98 Å². The van der Waals surface area contributed by atoms with Gasteiger partial charge in [0.25, 0.3) is 5.92 Å². The Hall–Kier alpha value is -1.66. The van der Waals surface area contributed by atoms with Crippen LogP contribution in [0.3, 0.4) is 0 Å². The Kier molecular flexibility index (Phi) is 9.45. The van der Waals surface area contributed by atoms with Crippen LogP contribution in [-0.2, 0) is 4.74 Å². The van der Waals surface area contributed by atoms with E-state index in [0.717, 1.165) is 38.3 Å². The zero-order valence-corrected chi connectivity index (χ0v) is 15.0. The highest BCUT2D eigenvalue weighted by Crippen LogP contribution is 2.26. The molecule has 0 amide bonds. The highest BCUT2D eigenvalue weighted by molar-refractivity contribution is 5.88. The summed E-state index contributed by atoms with van der Waals surface area (Å²) in [6.07, 6.45) is 7.42. The summed E-state index contributed by atoms with van der Waals surface area (Å²) in [4.78, 5) is 13.8. The Morgan fingerprint density at radius 2 is 1.76 bits per heavy atom. The molecule has 1 heterocycles. The molecule has 1 aromatic rings. The average Bonchev–Trinajstić information content (AvgIpc) is 2.93. The number of halogens is 3. The maximum absolute atomic E-state index is 13.9. The molecule has 0 radical (unpaired) electrons. The topological polar surface area (TPSA) is 51.3 Å². The predicted molar refractivity (Wildman–Crippen MR) is 89.8 cm³/mol. The second-order valence-electron chi connectivity index (χ2n) is 6.08. The van der Waals surface area contributed by atoms with Gasteiger partial charge < -0.3 is 14.5 Å². The number of aromatic amines is 1. The normalized spacial score (nSPS) is 11.6. The monoisotopic (exact) mass is 363 g/mol. The van der Waals surface area contributed by atoms with Crippen LogP contribution in [0.1, 0.15) is 75.7 Å². The van der Waals surface area contributed by atoms with E-state index in [2.05, 4.69) is 16.6 Å². The van der Waals surface area contributed by atoms with E-state index in [1.165, 1.54) is 6.42 Å². The predicted octanol–water partition coefficient (Wildman–Crippen LogP) is 5.49. The molecule has 0 aliphatic rings. The molecule has 0 saturated carbocycles. The first-order chi connectivity index (χ1) is 11.9. The van der Waals surface area contributed by atoms with Crippen LogP contribution in [0, 0.1) is 5.82 Å². The smallest absolute Gasteiger partial charge is 0.357 e. The van der Waals surface area contributed by atoms with E-state index in [1.54, 1.807) is 6.92 Å². The van der Waals surface area contributed by atoms with Gasteiger partial charge in [0.1, 0.15) is 0 Å². The molecule has 0 spiro atoms. The van der Waals surface area contributed by atoms with Gasteiger partial charge in [-0.1, -0.05) is 45.4 Å². The number of aromatic nitrogens is 1. The van der Waals surface area contributed by atoms with Gasteiger partial charge in [-0.2, -0.15) is 0 Å². The average molecular weight is 363 g/mol. The highest BCUT2D eigenvalue weighted by Gasteiger charge is 2.30. The van der Waals surface area contributed by atoms with Crippen molar-refractivity contribution in [3.8, 4) is 5.75 Å². The molecule has 1 N–H and O–H groups in total. The minimum Gasteiger partial charge on any atom is -0.483 e. The van der Waals surface area contributed by atoms with E-state index in [9.17, 15) is 18.0 Å². The van der Waals surface area contributed by atoms with Gasteiger partial charge in [-0.3, -0.25) is 0 Å². The number of esters is 1. The fraction of sp³-hybridized carbons (Fsp3) is 0.722. The summed E-state index contributed by atoms with van der Waals surface area (Å²) in [6, 6.07) is 0. The Morgan fingerprint density at radius 1 is 1.12 bits per heavy atom. The summed E-state index contributed by atoms with van der Waals surface area (Å²) >= 11 is 0. The number of hydrogen-bond donors (Lipinski definition) is 1. The number of rotatable bonds is 13. The van der Waals surface area contributed by atoms with Crippen LogP contribution in [0.15, 0.2) is 6.20 Å². The zero-order chi connectivity index (χ0) is 18.7. The van der Waals surface area contributed by atoms with Crippen LogP contribution >= 0.6 is 0 Å². The van der Waals surface area contributed by atoms with Crippen molar-refractivity contribution in [3.05, 3.63) is 17.7 Å². The van der Waals surface area contributed by atoms with Gasteiger partial charge in [0.15, 0.2) is 23.9 Å². The van der Waals surface area contributed by atoms with Gasteiger partial charge in [0.05, 0.1) is 6.61 Å². The molecular formula is C18H28F3NO3. The molecule has 0 atom stereocenters. The fourth-order valence-electron chi connectivity index (χ4n) is 2.44. The molecular weight excluding hydrogens is 335 g/mol. The Balaban J connectivity index is 2.34. The lowest BCUT2D eigenvalue weighted by Gasteiger charge is -2.16. The first-order valence-corrected chi connectivity index (χ1v) is 8.96. The van der Waals surface area contributed by atoms with Crippen molar-refractivity contribution < 1.29 is 27.4 Å². The quantitative estimate of drug-likeness (QED) is 0.373. The maximum Gasteiger partial charge on any atom is 0.357 e. The molecule has 0 aromatic carbocycles. The lowest BCUT2D eigenvalue weighted by atomic mass is 10.1. The van der Waals surface area contributed by atoms with E-state index in [1.807, 2.05) is 0 Å². The number of hydrogen-bond acceptors (Lipinski definition) is 3. The molecule has 25 heavy (non-hydrogen) atoms. The molecule has 144 valence electrons. The Morgan fingerprint density at radius 3 is 2.40 bits per heavy atom. The van der Waals surface area contributed by atoms with Crippen LogP contribution in [0.4, 0.5) is 13.2 Å². The van der Waals surface area contributed by atoms with E-state index in [-0.39, 0.29) is 13.0 Å². The van der Waals surface area contributed by atoms with Crippen LogP contribution in [-0.4, -0.2) is 30.1 Å². The van der Waals surface area contributed by atoms with Gasteiger partial charge in [0, 0.05) is 12.6 Å². The third-order valence-corrected chi connectivity index (χ3v) is 3.85. The lowest BCUT2D eigenvalue weighted by Crippen LogP contribution is -2.25. The van der Waals surface area contributed by atoms with Crippen LogP contribution in [0.2, 0.25) is 0 Å². The molecule has 0 bridgehead atoms. The fourth-order valence-corrected chi connectivity index (χ4v) is 2.44. The van der Waals surface area contributed by atoms with Crippen molar-refractivity contribution in [2.75, 3.05) is 13.2 Å². The summed E-state index contributed by atoms with van der Waals surface area (Å²) in [5, 5.41) is 0. The largest absolute Gasteiger partial charge is 0.483 e. The van der Waals surface area contributed by atoms with E-state index < -0.39 is 35.8 Å².